The number of fused-ring (bicyclic) bond motifs is 2. The number of aliphatic carboxylic acids is 1. The lowest BCUT2D eigenvalue weighted by Crippen LogP contribution is -2.25. The van der Waals surface area contributed by atoms with E-state index in [1.54, 1.807) is 0 Å². The Morgan fingerprint density at radius 1 is 0.708 bits per heavy atom. The first-order valence-electron chi connectivity index (χ1n) is 16.6. The molecule has 0 fully saturated rings. The average molecular weight is 642 g/mol. The molecule has 1 heterocycles. The van der Waals surface area contributed by atoms with Crippen LogP contribution in [-0.4, -0.2) is 30.2 Å². The number of benzene rings is 5. The molecule has 0 bridgehead atoms. The maximum atomic E-state index is 15.1. The van der Waals surface area contributed by atoms with Gasteiger partial charge < -0.3 is 19.5 Å². The largest absolute Gasteiger partial charge is 0.493 e. The van der Waals surface area contributed by atoms with Gasteiger partial charge in [0.1, 0.15) is 11.5 Å². The van der Waals surface area contributed by atoms with E-state index in [0.717, 1.165) is 77.7 Å². The number of ether oxygens (including phenoxy) is 2. The molecule has 0 saturated heterocycles. The van der Waals surface area contributed by atoms with Gasteiger partial charge in [0, 0.05) is 27.5 Å². The predicted molar refractivity (Wildman–Crippen MR) is 194 cm³/mol. The smallest absolute Gasteiger partial charge is 0.307 e. The molecular formula is C42H43NO5. The van der Waals surface area contributed by atoms with Crippen LogP contribution < -0.4 is 14.4 Å². The zero-order valence-electron chi connectivity index (χ0n) is 29.1. The molecule has 1 aliphatic heterocycles. The Morgan fingerprint density at radius 3 is 1.62 bits per heavy atom. The van der Waals surface area contributed by atoms with Gasteiger partial charge in [0.2, 0.25) is 0 Å². The number of hydrogen-bond acceptors (Lipinski definition) is 4. The van der Waals surface area contributed by atoms with Gasteiger partial charge in [0.15, 0.2) is 0 Å². The van der Waals surface area contributed by atoms with Gasteiger partial charge >= 0.3 is 5.97 Å². The van der Waals surface area contributed by atoms with Crippen LogP contribution in [0.5, 0.6) is 11.5 Å². The first kappa shape index (κ1) is 32.8. The van der Waals surface area contributed by atoms with Gasteiger partial charge in [-0.3, -0.25) is 9.59 Å². The van der Waals surface area contributed by atoms with E-state index < -0.39 is 5.97 Å². The molecule has 5 aromatic carbocycles. The van der Waals surface area contributed by atoms with E-state index >= 15 is 4.79 Å². The first-order valence-corrected chi connectivity index (χ1v) is 16.6. The summed E-state index contributed by atoms with van der Waals surface area (Å²) in [6.07, 6.45) is -0.142. The Balaban J connectivity index is 1.75. The Morgan fingerprint density at radius 2 is 1.17 bits per heavy atom. The molecular weight excluding hydrogens is 598 g/mol. The van der Waals surface area contributed by atoms with Crippen molar-refractivity contribution in [3.8, 4) is 33.8 Å². The molecule has 0 aromatic heterocycles. The summed E-state index contributed by atoms with van der Waals surface area (Å²) in [5, 5.41) is 11.7. The van der Waals surface area contributed by atoms with Gasteiger partial charge in [-0.15, -0.1) is 0 Å². The summed E-state index contributed by atoms with van der Waals surface area (Å²) in [7, 11) is 0. The molecule has 0 saturated carbocycles. The minimum atomic E-state index is -0.909. The number of amides is 1. The molecule has 5 aromatic rings. The highest BCUT2D eigenvalue weighted by molar-refractivity contribution is 6.19. The summed E-state index contributed by atoms with van der Waals surface area (Å²) in [5.41, 5.74) is 12.9. The third kappa shape index (κ3) is 5.59. The number of carboxylic acid groups (broad SMARTS) is 1. The predicted octanol–water partition coefficient (Wildman–Crippen LogP) is 9.61. The monoisotopic (exact) mass is 641 g/mol. The summed E-state index contributed by atoms with van der Waals surface area (Å²) in [5.74, 6) is 0.181. The summed E-state index contributed by atoms with van der Waals surface area (Å²) < 4.78 is 12.6. The summed E-state index contributed by atoms with van der Waals surface area (Å²) in [4.78, 5) is 29.1. The van der Waals surface area contributed by atoms with Crippen LogP contribution in [-0.2, 0) is 17.8 Å². The molecule has 0 aliphatic carbocycles. The Bertz CT molecular complexity index is 2000. The third-order valence-electron chi connectivity index (χ3n) is 9.26. The van der Waals surface area contributed by atoms with Crippen LogP contribution in [0.2, 0.25) is 0 Å². The van der Waals surface area contributed by atoms with Gasteiger partial charge in [-0.1, -0.05) is 59.7 Å². The van der Waals surface area contributed by atoms with Crippen LogP contribution in [0.25, 0.3) is 33.0 Å². The van der Waals surface area contributed by atoms with Crippen molar-refractivity contribution in [1.82, 2.24) is 0 Å². The molecule has 0 atom stereocenters. The summed E-state index contributed by atoms with van der Waals surface area (Å²) >= 11 is 0. The van der Waals surface area contributed by atoms with Gasteiger partial charge in [-0.2, -0.15) is 0 Å². The van der Waals surface area contributed by atoms with Crippen molar-refractivity contribution in [2.45, 2.75) is 68.4 Å². The van der Waals surface area contributed by atoms with Crippen LogP contribution >= 0.6 is 0 Å². The third-order valence-corrected chi connectivity index (χ3v) is 9.26. The molecule has 48 heavy (non-hydrogen) atoms. The fraction of sp³-hybridized carbons (Fsp3) is 0.286. The standard InChI is InChI=1S/C42H43NO5/c1-9-47-40-30-13-11-12-14-31(30)41(48-10-2)38-34(40)22-43(42(38)46)39-32(36-25(5)15-23(3)16-26(36)6)19-29(21-35(44)45)20-33(39)37-27(7)17-24(4)18-28(37)8/h11-20H,9-10,21-22H2,1-8H3,(H,44,45). The Kier molecular flexibility index (Phi) is 8.78. The highest BCUT2D eigenvalue weighted by Gasteiger charge is 2.39. The molecule has 246 valence electrons. The molecule has 1 amide bonds. The van der Waals surface area contributed by atoms with Crippen LogP contribution in [0.15, 0.2) is 60.7 Å². The minimum Gasteiger partial charge on any atom is -0.493 e. The molecule has 0 spiro atoms. The number of carboxylic acids is 1. The molecule has 1 N–H and O–H groups in total. The van der Waals surface area contributed by atoms with E-state index in [2.05, 4.69) is 65.8 Å². The molecule has 0 unspecified atom stereocenters. The van der Waals surface area contributed by atoms with Crippen LogP contribution in [0.4, 0.5) is 5.69 Å². The second-order valence-electron chi connectivity index (χ2n) is 13.0. The zero-order valence-corrected chi connectivity index (χ0v) is 29.1. The quantitative estimate of drug-likeness (QED) is 0.173. The number of carbonyl (C=O) groups is 2. The Hall–Kier alpha value is -5.10. The fourth-order valence-electron chi connectivity index (χ4n) is 7.81. The van der Waals surface area contributed by atoms with Gasteiger partial charge in [0.05, 0.1) is 37.4 Å². The van der Waals surface area contributed by atoms with Crippen LogP contribution in [0, 0.1) is 41.5 Å². The lowest BCUT2D eigenvalue weighted by atomic mass is 9.85. The van der Waals surface area contributed by atoms with Gasteiger partial charge in [0.25, 0.3) is 5.91 Å². The molecule has 6 rings (SSSR count). The number of carbonyl (C=O) groups excluding carboxylic acids is 1. The van der Waals surface area contributed by atoms with Crippen LogP contribution in [0.3, 0.4) is 0 Å². The van der Waals surface area contributed by atoms with E-state index in [0.29, 0.717) is 35.8 Å². The van der Waals surface area contributed by atoms with Crippen molar-refractivity contribution in [3.63, 3.8) is 0 Å². The van der Waals surface area contributed by atoms with E-state index in [1.807, 2.05) is 55.1 Å². The number of nitrogens with zero attached hydrogens (tertiary/aromatic N) is 1. The maximum Gasteiger partial charge on any atom is 0.307 e. The summed E-state index contributed by atoms with van der Waals surface area (Å²) in [6.45, 7) is 17.5. The number of anilines is 1. The molecule has 6 heteroatoms. The number of rotatable bonds is 9. The van der Waals surface area contributed by atoms with Crippen molar-refractivity contribution in [2.24, 2.45) is 0 Å². The molecule has 1 aliphatic rings. The van der Waals surface area contributed by atoms with E-state index in [-0.39, 0.29) is 18.9 Å². The fourth-order valence-corrected chi connectivity index (χ4v) is 7.81. The topological polar surface area (TPSA) is 76.1 Å². The van der Waals surface area contributed by atoms with Gasteiger partial charge in [-0.05, 0) is 106 Å². The average Bonchev–Trinajstić information content (AvgIpc) is 3.33. The van der Waals surface area contributed by atoms with Crippen LogP contribution in [0.1, 0.15) is 68.7 Å². The van der Waals surface area contributed by atoms with Crippen molar-refractivity contribution in [1.29, 1.82) is 0 Å². The van der Waals surface area contributed by atoms with Crippen molar-refractivity contribution >= 4 is 28.3 Å². The Labute approximate surface area is 282 Å². The maximum absolute atomic E-state index is 15.1. The number of aryl methyl sites for hydroxylation is 6. The lowest BCUT2D eigenvalue weighted by molar-refractivity contribution is -0.136. The normalized spacial score (nSPS) is 12.5. The van der Waals surface area contributed by atoms with Crippen molar-refractivity contribution < 1.29 is 24.2 Å². The number of hydrogen-bond donors (Lipinski definition) is 1. The highest BCUT2D eigenvalue weighted by Crippen LogP contribution is 2.51. The van der Waals surface area contributed by atoms with E-state index in [4.69, 9.17) is 9.47 Å². The SMILES string of the molecule is CCOc1c2c(c(OCC)c3ccccc13)C(=O)N(c1c(-c3c(C)cc(C)cc3C)cc(CC(=O)O)cc1-c1c(C)cc(C)cc1C)C2. The van der Waals surface area contributed by atoms with Crippen molar-refractivity contribution in [2.75, 3.05) is 18.1 Å². The zero-order chi connectivity index (χ0) is 34.4. The van der Waals surface area contributed by atoms with Crippen molar-refractivity contribution in [3.05, 3.63) is 111 Å². The first-order chi connectivity index (χ1) is 22.9. The highest BCUT2D eigenvalue weighted by atomic mass is 16.5. The second kappa shape index (κ2) is 12.8. The molecule has 0 radical (unpaired) electrons. The minimum absolute atomic E-state index is 0.142. The van der Waals surface area contributed by atoms with E-state index in [9.17, 15) is 9.90 Å². The van der Waals surface area contributed by atoms with E-state index in [1.165, 1.54) is 0 Å². The van der Waals surface area contributed by atoms with Gasteiger partial charge in [-0.25, -0.2) is 0 Å². The lowest BCUT2D eigenvalue weighted by Gasteiger charge is -2.28. The second-order valence-corrected chi connectivity index (χ2v) is 13.0. The summed E-state index contributed by atoms with van der Waals surface area (Å²) in [6, 6.07) is 20.4. The molecule has 6 nitrogen and oxygen atoms in total.